The molecule has 0 spiro atoms. The quantitative estimate of drug-likeness (QED) is 0.257. The molecular weight excluding hydrogens is 498 g/mol. The first-order chi connectivity index (χ1) is 17.3. The second kappa shape index (κ2) is 11.0. The molecule has 4 rings (SSSR count). The number of oxazole rings is 1. The van der Waals surface area contributed by atoms with E-state index in [1.54, 1.807) is 30.3 Å². The summed E-state index contributed by atoms with van der Waals surface area (Å²) in [4.78, 5) is 17.4. The van der Waals surface area contributed by atoms with Crippen molar-refractivity contribution in [2.24, 2.45) is 0 Å². The molecule has 2 N–H and O–H groups in total. The fraction of sp³-hybridized carbons (Fsp3) is 0.222. The van der Waals surface area contributed by atoms with Crippen LogP contribution < -0.4 is 20.1 Å². The molecule has 1 atom stereocenters. The number of rotatable bonds is 7. The summed E-state index contributed by atoms with van der Waals surface area (Å²) >= 11 is 11.7. The molecule has 9 heteroatoms. The lowest BCUT2D eigenvalue weighted by atomic mass is 9.98. The Labute approximate surface area is 219 Å². The SMILES string of the molecule is CC[C@H](C)c1ccc2oc(-c3ccc(Cl)c(NC(=S)NC(=O)c4cc(OC)cc(OC)c4)c3)nc2c1. The summed E-state index contributed by atoms with van der Waals surface area (Å²) in [5, 5.41) is 6.13. The Bertz CT molecular complexity index is 1410. The lowest BCUT2D eigenvalue weighted by molar-refractivity contribution is 0.0977. The molecule has 3 aromatic carbocycles. The Morgan fingerprint density at radius 1 is 1.08 bits per heavy atom. The maximum atomic E-state index is 12.7. The van der Waals surface area contributed by atoms with Crippen molar-refractivity contribution in [1.29, 1.82) is 0 Å². The molecule has 1 aromatic heterocycles. The molecule has 186 valence electrons. The lowest BCUT2D eigenvalue weighted by Crippen LogP contribution is -2.34. The summed E-state index contributed by atoms with van der Waals surface area (Å²) in [7, 11) is 3.03. The first-order valence-corrected chi connectivity index (χ1v) is 12.2. The second-order valence-electron chi connectivity index (χ2n) is 8.26. The minimum Gasteiger partial charge on any atom is -0.497 e. The third-order valence-electron chi connectivity index (χ3n) is 5.90. The average molecular weight is 524 g/mol. The number of carbonyl (C=O) groups is 1. The van der Waals surface area contributed by atoms with Gasteiger partial charge in [0.15, 0.2) is 10.7 Å². The molecule has 7 nitrogen and oxygen atoms in total. The van der Waals surface area contributed by atoms with Crippen LogP contribution in [0.2, 0.25) is 5.02 Å². The number of carbonyl (C=O) groups excluding carboxylic acids is 1. The number of ether oxygens (including phenoxy) is 2. The topological polar surface area (TPSA) is 85.6 Å². The molecule has 0 saturated heterocycles. The molecule has 0 aliphatic rings. The minimum absolute atomic E-state index is 0.0802. The lowest BCUT2D eigenvalue weighted by Gasteiger charge is -2.13. The fourth-order valence-corrected chi connectivity index (χ4v) is 4.00. The van der Waals surface area contributed by atoms with Gasteiger partial charge in [0.2, 0.25) is 5.89 Å². The summed E-state index contributed by atoms with van der Waals surface area (Å²) < 4.78 is 16.4. The molecule has 4 aromatic rings. The second-order valence-corrected chi connectivity index (χ2v) is 9.08. The highest BCUT2D eigenvalue weighted by Crippen LogP contribution is 2.32. The van der Waals surface area contributed by atoms with Crippen LogP contribution in [0.4, 0.5) is 5.69 Å². The number of thiocarbonyl (C=S) groups is 1. The van der Waals surface area contributed by atoms with Gasteiger partial charge in [-0.25, -0.2) is 4.98 Å². The van der Waals surface area contributed by atoms with E-state index in [9.17, 15) is 4.79 Å². The maximum Gasteiger partial charge on any atom is 0.257 e. The largest absolute Gasteiger partial charge is 0.497 e. The van der Waals surface area contributed by atoms with Gasteiger partial charge in [-0.1, -0.05) is 31.5 Å². The number of nitrogens with zero attached hydrogens (tertiary/aromatic N) is 1. The van der Waals surface area contributed by atoms with Gasteiger partial charge in [0, 0.05) is 17.2 Å². The zero-order valence-electron chi connectivity index (χ0n) is 20.3. The predicted molar refractivity (Wildman–Crippen MR) is 146 cm³/mol. The van der Waals surface area contributed by atoms with E-state index in [1.807, 2.05) is 12.1 Å². The number of methoxy groups -OCH3 is 2. The standard InChI is InChI=1S/C27H26ClN3O4S/c1-5-15(2)16-7-9-24-23(12-16)29-26(35-24)17-6-8-21(28)22(13-17)30-27(36)31-25(32)18-10-19(33-3)14-20(11-18)34-4/h6-15H,5H2,1-4H3,(H2,30,31,32,36)/t15-/m0/s1. The monoisotopic (exact) mass is 523 g/mol. The van der Waals surface area contributed by atoms with Crippen molar-refractivity contribution in [3.63, 3.8) is 0 Å². The van der Waals surface area contributed by atoms with Gasteiger partial charge in [-0.3, -0.25) is 10.1 Å². The van der Waals surface area contributed by atoms with Crippen molar-refractivity contribution >= 4 is 51.6 Å². The molecule has 0 bridgehead atoms. The van der Waals surface area contributed by atoms with Gasteiger partial charge in [0.25, 0.3) is 5.91 Å². The van der Waals surface area contributed by atoms with E-state index in [2.05, 4.69) is 41.6 Å². The van der Waals surface area contributed by atoms with E-state index in [0.717, 1.165) is 17.5 Å². The number of aromatic nitrogens is 1. The maximum absolute atomic E-state index is 12.7. The summed E-state index contributed by atoms with van der Waals surface area (Å²) in [5.41, 5.74) is 4.28. The van der Waals surface area contributed by atoms with Crippen molar-refractivity contribution in [2.45, 2.75) is 26.2 Å². The van der Waals surface area contributed by atoms with Gasteiger partial charge in [0.05, 0.1) is 24.9 Å². The predicted octanol–water partition coefficient (Wildman–Crippen LogP) is 6.81. The Hall–Kier alpha value is -3.62. The molecule has 0 unspecified atom stereocenters. The molecule has 0 fully saturated rings. The highest BCUT2D eigenvalue weighted by molar-refractivity contribution is 7.80. The van der Waals surface area contributed by atoms with Crippen LogP contribution in [-0.4, -0.2) is 30.2 Å². The number of hydrogen-bond acceptors (Lipinski definition) is 6. The van der Waals surface area contributed by atoms with E-state index in [1.165, 1.54) is 19.8 Å². The van der Waals surface area contributed by atoms with E-state index in [-0.39, 0.29) is 5.11 Å². The smallest absolute Gasteiger partial charge is 0.257 e. The average Bonchev–Trinajstić information content (AvgIpc) is 3.32. The third kappa shape index (κ3) is 5.61. The van der Waals surface area contributed by atoms with Gasteiger partial charge >= 0.3 is 0 Å². The number of anilines is 1. The van der Waals surface area contributed by atoms with Crippen molar-refractivity contribution in [3.8, 4) is 23.0 Å². The summed E-state index contributed by atoms with van der Waals surface area (Å²) in [6.45, 7) is 4.34. The van der Waals surface area contributed by atoms with E-state index in [4.69, 9.17) is 37.7 Å². The zero-order chi connectivity index (χ0) is 25.8. The molecule has 0 radical (unpaired) electrons. The third-order valence-corrected chi connectivity index (χ3v) is 6.43. The van der Waals surface area contributed by atoms with E-state index in [0.29, 0.717) is 45.2 Å². The van der Waals surface area contributed by atoms with Crippen molar-refractivity contribution in [2.75, 3.05) is 19.5 Å². The minimum atomic E-state index is -0.423. The first-order valence-electron chi connectivity index (χ1n) is 11.4. The molecule has 0 aliphatic carbocycles. The van der Waals surface area contributed by atoms with Crippen molar-refractivity contribution < 1.29 is 18.7 Å². The first kappa shape index (κ1) is 25.5. The van der Waals surface area contributed by atoms with Crippen LogP contribution in [0.3, 0.4) is 0 Å². The number of nitrogens with one attached hydrogen (secondary N) is 2. The van der Waals surface area contributed by atoms with Gasteiger partial charge in [0.1, 0.15) is 17.0 Å². The number of amides is 1. The van der Waals surface area contributed by atoms with Crippen molar-refractivity contribution in [3.05, 3.63) is 70.7 Å². The highest BCUT2D eigenvalue weighted by Gasteiger charge is 2.15. The Morgan fingerprint density at radius 2 is 1.81 bits per heavy atom. The molecule has 1 heterocycles. The number of fused-ring (bicyclic) bond motifs is 1. The Morgan fingerprint density at radius 3 is 2.47 bits per heavy atom. The fourth-order valence-electron chi connectivity index (χ4n) is 3.63. The molecule has 0 saturated carbocycles. The summed E-state index contributed by atoms with van der Waals surface area (Å²) in [6, 6.07) is 16.2. The number of hydrogen-bond donors (Lipinski definition) is 2. The van der Waals surface area contributed by atoms with Crippen LogP contribution in [0.5, 0.6) is 11.5 Å². The summed E-state index contributed by atoms with van der Waals surface area (Å²) in [6.07, 6.45) is 1.05. The van der Waals surface area contributed by atoms with Gasteiger partial charge in [-0.05, 0) is 72.6 Å². The molecule has 36 heavy (non-hydrogen) atoms. The highest BCUT2D eigenvalue weighted by atomic mass is 35.5. The van der Waals surface area contributed by atoms with Crippen LogP contribution >= 0.6 is 23.8 Å². The molecular formula is C27H26ClN3O4S. The number of benzene rings is 3. The van der Waals surface area contributed by atoms with Gasteiger partial charge in [-0.15, -0.1) is 0 Å². The zero-order valence-corrected chi connectivity index (χ0v) is 21.9. The Balaban J connectivity index is 1.53. The van der Waals surface area contributed by atoms with Crippen LogP contribution in [0.1, 0.15) is 42.1 Å². The van der Waals surface area contributed by atoms with E-state index < -0.39 is 5.91 Å². The van der Waals surface area contributed by atoms with Crippen LogP contribution in [0.25, 0.3) is 22.6 Å². The van der Waals surface area contributed by atoms with Gasteiger partial charge in [-0.2, -0.15) is 0 Å². The molecule has 1 amide bonds. The Kier molecular flexibility index (Phi) is 7.76. The normalized spacial score (nSPS) is 11.7. The van der Waals surface area contributed by atoms with Crippen LogP contribution in [-0.2, 0) is 0 Å². The van der Waals surface area contributed by atoms with E-state index >= 15 is 0 Å². The molecule has 0 aliphatic heterocycles. The van der Waals surface area contributed by atoms with Crippen LogP contribution in [0, 0.1) is 0 Å². The summed E-state index contributed by atoms with van der Waals surface area (Å²) in [5.74, 6) is 1.46. The van der Waals surface area contributed by atoms with Crippen molar-refractivity contribution in [1.82, 2.24) is 10.3 Å². The van der Waals surface area contributed by atoms with Crippen LogP contribution in [0.15, 0.2) is 59.0 Å². The number of halogens is 1. The van der Waals surface area contributed by atoms with Gasteiger partial charge < -0.3 is 19.2 Å².